The predicted molar refractivity (Wildman–Crippen MR) is 82.7 cm³/mol. The molecule has 3 nitrogen and oxygen atoms in total. The Hall–Kier alpha value is -1.53. The fourth-order valence-corrected chi connectivity index (χ4v) is 2.96. The Labute approximate surface area is 127 Å². The number of thiazole rings is 1. The van der Waals surface area contributed by atoms with Gasteiger partial charge in [-0.2, -0.15) is 0 Å². The second-order valence-corrected chi connectivity index (χ2v) is 5.84. The van der Waals surface area contributed by atoms with Crippen molar-refractivity contribution in [2.75, 3.05) is 18.5 Å². The molecule has 21 heavy (non-hydrogen) atoms. The molecule has 0 aliphatic heterocycles. The summed E-state index contributed by atoms with van der Waals surface area (Å²) in [4.78, 5) is 6.75. The molecular formula is C15H19F2N3S. The first-order valence-electron chi connectivity index (χ1n) is 6.81. The summed E-state index contributed by atoms with van der Waals surface area (Å²) in [6.45, 7) is 5.51. The molecule has 0 saturated carbocycles. The van der Waals surface area contributed by atoms with Crippen LogP contribution in [0.2, 0.25) is 0 Å². The third-order valence-electron chi connectivity index (χ3n) is 3.26. The zero-order chi connectivity index (χ0) is 15.4. The molecule has 0 amide bonds. The summed E-state index contributed by atoms with van der Waals surface area (Å²) in [5, 5.41) is 3.06. The fourth-order valence-electron chi connectivity index (χ4n) is 2.13. The zero-order valence-electron chi connectivity index (χ0n) is 12.4. The van der Waals surface area contributed by atoms with Gasteiger partial charge in [0.05, 0.1) is 17.7 Å². The number of anilines is 1. The molecule has 0 radical (unpaired) electrons. The normalized spacial score (nSPS) is 10.9. The van der Waals surface area contributed by atoms with Gasteiger partial charge < -0.3 is 10.2 Å². The quantitative estimate of drug-likeness (QED) is 0.885. The van der Waals surface area contributed by atoms with E-state index in [-0.39, 0.29) is 5.69 Å². The average molecular weight is 311 g/mol. The Bertz CT molecular complexity index is 590. The van der Waals surface area contributed by atoms with Gasteiger partial charge in [-0.25, -0.2) is 13.8 Å². The number of hydrogen-bond acceptors (Lipinski definition) is 4. The molecule has 0 bridgehead atoms. The van der Waals surface area contributed by atoms with Crippen molar-refractivity contribution in [1.29, 1.82) is 0 Å². The SMILES string of the molecule is CCNCc1cc(F)c(N(C)Cc2scnc2C)c(F)c1. The van der Waals surface area contributed by atoms with E-state index < -0.39 is 11.6 Å². The van der Waals surface area contributed by atoms with Crippen LogP contribution < -0.4 is 10.2 Å². The standard InChI is InChI=1S/C15H19F2N3S/c1-4-18-7-11-5-12(16)15(13(17)6-11)20(3)8-14-10(2)19-9-21-14/h5-6,9,18H,4,7-8H2,1-3H3. The first-order chi connectivity index (χ1) is 10.0. The summed E-state index contributed by atoms with van der Waals surface area (Å²) in [7, 11) is 1.69. The molecule has 0 unspecified atom stereocenters. The van der Waals surface area contributed by atoms with Crippen LogP contribution in [0.3, 0.4) is 0 Å². The van der Waals surface area contributed by atoms with Gasteiger partial charge >= 0.3 is 0 Å². The van der Waals surface area contributed by atoms with Crippen molar-refractivity contribution in [2.45, 2.75) is 26.9 Å². The molecule has 0 aliphatic rings. The molecule has 0 saturated heterocycles. The van der Waals surface area contributed by atoms with E-state index in [4.69, 9.17) is 0 Å². The number of rotatable bonds is 6. The second kappa shape index (κ2) is 6.95. The first-order valence-corrected chi connectivity index (χ1v) is 7.69. The third-order valence-corrected chi connectivity index (χ3v) is 4.18. The van der Waals surface area contributed by atoms with E-state index in [0.717, 1.165) is 17.1 Å². The van der Waals surface area contributed by atoms with Crippen LogP contribution in [0, 0.1) is 18.6 Å². The average Bonchev–Trinajstić information content (AvgIpc) is 2.81. The highest BCUT2D eigenvalue weighted by Crippen LogP contribution is 2.26. The molecule has 0 atom stereocenters. The van der Waals surface area contributed by atoms with Gasteiger partial charge in [-0.3, -0.25) is 0 Å². The minimum atomic E-state index is -0.535. The lowest BCUT2D eigenvalue weighted by Gasteiger charge is -2.21. The van der Waals surface area contributed by atoms with Gasteiger partial charge in [-0.15, -0.1) is 11.3 Å². The maximum atomic E-state index is 14.2. The summed E-state index contributed by atoms with van der Waals surface area (Å²) in [5.41, 5.74) is 3.25. The third kappa shape index (κ3) is 3.77. The van der Waals surface area contributed by atoms with Crippen molar-refractivity contribution < 1.29 is 8.78 Å². The van der Waals surface area contributed by atoms with Crippen LogP contribution in [0.1, 0.15) is 23.1 Å². The lowest BCUT2D eigenvalue weighted by Crippen LogP contribution is -2.20. The molecule has 1 aromatic carbocycles. The van der Waals surface area contributed by atoms with Gasteiger partial charge in [0.2, 0.25) is 0 Å². The van der Waals surface area contributed by atoms with Crippen molar-refractivity contribution in [3.05, 3.63) is 45.4 Å². The summed E-state index contributed by atoms with van der Waals surface area (Å²) < 4.78 is 28.4. The van der Waals surface area contributed by atoms with Crippen LogP contribution in [0.25, 0.3) is 0 Å². The van der Waals surface area contributed by atoms with E-state index in [9.17, 15) is 8.78 Å². The number of hydrogen-bond donors (Lipinski definition) is 1. The van der Waals surface area contributed by atoms with Crippen molar-refractivity contribution in [3.63, 3.8) is 0 Å². The van der Waals surface area contributed by atoms with Crippen LogP contribution >= 0.6 is 11.3 Å². The van der Waals surface area contributed by atoms with Crippen LogP contribution in [-0.4, -0.2) is 18.6 Å². The van der Waals surface area contributed by atoms with E-state index in [0.29, 0.717) is 18.7 Å². The van der Waals surface area contributed by atoms with Crippen LogP contribution in [-0.2, 0) is 13.1 Å². The molecule has 0 aliphatic carbocycles. The number of nitrogens with zero attached hydrogens (tertiary/aromatic N) is 2. The van der Waals surface area contributed by atoms with Gasteiger partial charge in [0.25, 0.3) is 0 Å². The number of benzene rings is 1. The molecular weight excluding hydrogens is 292 g/mol. The molecule has 1 heterocycles. The summed E-state index contributed by atoms with van der Waals surface area (Å²) in [5.74, 6) is -1.07. The van der Waals surface area contributed by atoms with E-state index in [2.05, 4.69) is 10.3 Å². The highest BCUT2D eigenvalue weighted by Gasteiger charge is 2.16. The minimum absolute atomic E-state index is 0.00282. The molecule has 114 valence electrons. The lowest BCUT2D eigenvalue weighted by molar-refractivity contribution is 0.570. The number of aryl methyl sites for hydroxylation is 1. The largest absolute Gasteiger partial charge is 0.365 e. The second-order valence-electron chi connectivity index (χ2n) is 4.91. The fraction of sp³-hybridized carbons (Fsp3) is 0.400. The smallest absolute Gasteiger partial charge is 0.149 e. The van der Waals surface area contributed by atoms with Gasteiger partial charge in [-0.05, 0) is 31.2 Å². The van der Waals surface area contributed by atoms with E-state index >= 15 is 0 Å². The zero-order valence-corrected chi connectivity index (χ0v) is 13.2. The van der Waals surface area contributed by atoms with Crippen molar-refractivity contribution in [2.24, 2.45) is 0 Å². The maximum Gasteiger partial charge on any atom is 0.149 e. The van der Waals surface area contributed by atoms with Crippen LogP contribution in [0.5, 0.6) is 0 Å². The van der Waals surface area contributed by atoms with Gasteiger partial charge in [-0.1, -0.05) is 6.92 Å². The number of halogens is 2. The molecule has 1 N–H and O–H groups in total. The summed E-state index contributed by atoms with van der Waals surface area (Å²) in [6.07, 6.45) is 0. The highest BCUT2D eigenvalue weighted by molar-refractivity contribution is 7.09. The number of nitrogens with one attached hydrogen (secondary N) is 1. The topological polar surface area (TPSA) is 28.2 Å². The summed E-state index contributed by atoms with van der Waals surface area (Å²) in [6, 6.07) is 2.77. The number of aromatic nitrogens is 1. The van der Waals surface area contributed by atoms with Gasteiger partial charge in [0.1, 0.15) is 17.3 Å². The first kappa shape index (κ1) is 15.9. The van der Waals surface area contributed by atoms with Gasteiger partial charge in [0, 0.05) is 18.5 Å². The van der Waals surface area contributed by atoms with Crippen LogP contribution in [0.4, 0.5) is 14.5 Å². The summed E-state index contributed by atoms with van der Waals surface area (Å²) >= 11 is 1.49. The maximum absolute atomic E-state index is 14.2. The van der Waals surface area contributed by atoms with Crippen molar-refractivity contribution in [3.8, 4) is 0 Å². The van der Waals surface area contributed by atoms with Crippen molar-refractivity contribution in [1.82, 2.24) is 10.3 Å². The molecule has 2 rings (SSSR count). The lowest BCUT2D eigenvalue weighted by atomic mass is 10.1. The molecule has 0 fully saturated rings. The Morgan fingerprint density at radius 2 is 1.95 bits per heavy atom. The van der Waals surface area contributed by atoms with E-state index in [1.54, 1.807) is 17.5 Å². The Morgan fingerprint density at radius 3 is 2.48 bits per heavy atom. The van der Waals surface area contributed by atoms with Gasteiger partial charge in [0.15, 0.2) is 0 Å². The minimum Gasteiger partial charge on any atom is -0.365 e. The van der Waals surface area contributed by atoms with Crippen LogP contribution in [0.15, 0.2) is 17.6 Å². The monoisotopic (exact) mass is 311 g/mol. The Morgan fingerprint density at radius 1 is 1.29 bits per heavy atom. The molecule has 1 aromatic heterocycles. The van der Waals surface area contributed by atoms with E-state index in [1.807, 2.05) is 13.8 Å². The van der Waals surface area contributed by atoms with Crippen molar-refractivity contribution >= 4 is 17.0 Å². The Kier molecular flexibility index (Phi) is 5.25. The van der Waals surface area contributed by atoms with E-state index in [1.165, 1.54) is 23.5 Å². The molecule has 0 spiro atoms. The molecule has 2 aromatic rings. The molecule has 6 heteroatoms. The Balaban J connectivity index is 2.21. The highest BCUT2D eigenvalue weighted by atomic mass is 32.1. The predicted octanol–water partition coefficient (Wildman–Crippen LogP) is 3.48.